The first-order valence-corrected chi connectivity index (χ1v) is 9.35. The monoisotopic (exact) mass is 393 g/mol. The number of carbonyl (C=O) groups is 3. The number of nitrogens with one attached hydrogen (secondary N) is 3. The van der Waals surface area contributed by atoms with Crippen molar-refractivity contribution in [1.29, 1.82) is 0 Å². The SMILES string of the molecule is O=C(C[C@@H]1NC(=O)c2ccccc2NC1=O)Nc1nc(-c2ccccn2)cs1. The van der Waals surface area contributed by atoms with Gasteiger partial charge in [-0.05, 0) is 24.3 Å². The smallest absolute Gasteiger partial charge is 0.254 e. The zero-order valence-corrected chi connectivity index (χ0v) is 15.3. The highest BCUT2D eigenvalue weighted by Gasteiger charge is 2.29. The second-order valence-electron chi connectivity index (χ2n) is 6.07. The molecule has 0 radical (unpaired) electrons. The van der Waals surface area contributed by atoms with Gasteiger partial charge in [-0.25, -0.2) is 4.98 Å². The molecule has 3 aromatic rings. The molecule has 4 rings (SSSR count). The Kier molecular flexibility index (Phi) is 4.81. The Morgan fingerprint density at radius 3 is 2.75 bits per heavy atom. The van der Waals surface area contributed by atoms with E-state index < -0.39 is 23.8 Å². The van der Waals surface area contributed by atoms with Crippen LogP contribution in [0.4, 0.5) is 10.8 Å². The number of anilines is 2. The van der Waals surface area contributed by atoms with E-state index in [1.165, 1.54) is 11.3 Å². The molecule has 28 heavy (non-hydrogen) atoms. The Bertz CT molecular complexity index is 1050. The molecule has 8 nitrogen and oxygen atoms in total. The maximum Gasteiger partial charge on any atom is 0.254 e. The topological polar surface area (TPSA) is 113 Å². The largest absolute Gasteiger partial charge is 0.340 e. The molecule has 0 spiro atoms. The molecule has 0 saturated carbocycles. The number of carbonyl (C=O) groups excluding carboxylic acids is 3. The van der Waals surface area contributed by atoms with E-state index in [1.807, 2.05) is 18.2 Å². The normalized spacial score (nSPS) is 15.8. The molecule has 1 aliphatic rings. The Morgan fingerprint density at radius 1 is 1.11 bits per heavy atom. The lowest BCUT2D eigenvalue weighted by Gasteiger charge is -2.13. The van der Waals surface area contributed by atoms with Gasteiger partial charge in [-0.1, -0.05) is 18.2 Å². The number of nitrogens with zero attached hydrogens (tertiary/aromatic N) is 2. The van der Waals surface area contributed by atoms with Crippen molar-refractivity contribution >= 4 is 39.9 Å². The summed E-state index contributed by atoms with van der Waals surface area (Å²) in [7, 11) is 0. The molecule has 0 fully saturated rings. The number of fused-ring (bicyclic) bond motifs is 1. The van der Waals surface area contributed by atoms with Gasteiger partial charge in [0, 0.05) is 11.6 Å². The van der Waals surface area contributed by atoms with Gasteiger partial charge in [0.1, 0.15) is 11.7 Å². The van der Waals surface area contributed by atoms with Crippen LogP contribution in [0.25, 0.3) is 11.4 Å². The minimum atomic E-state index is -0.977. The van der Waals surface area contributed by atoms with Crippen molar-refractivity contribution in [3.63, 3.8) is 0 Å². The van der Waals surface area contributed by atoms with Gasteiger partial charge in [0.05, 0.1) is 23.4 Å². The van der Waals surface area contributed by atoms with Crippen molar-refractivity contribution in [2.45, 2.75) is 12.5 Å². The summed E-state index contributed by atoms with van der Waals surface area (Å²) in [6.45, 7) is 0. The second-order valence-corrected chi connectivity index (χ2v) is 6.92. The van der Waals surface area contributed by atoms with Crippen molar-refractivity contribution in [3.05, 3.63) is 59.6 Å². The van der Waals surface area contributed by atoms with Crippen LogP contribution in [0.2, 0.25) is 0 Å². The number of thiazole rings is 1. The zero-order chi connectivity index (χ0) is 19.5. The molecule has 3 amide bonds. The first-order chi connectivity index (χ1) is 13.6. The number of pyridine rings is 1. The average Bonchev–Trinajstić information content (AvgIpc) is 3.12. The maximum absolute atomic E-state index is 12.4. The summed E-state index contributed by atoms with van der Waals surface area (Å²) in [5.41, 5.74) is 2.14. The van der Waals surface area contributed by atoms with Gasteiger partial charge in [0.2, 0.25) is 11.8 Å². The van der Waals surface area contributed by atoms with E-state index in [9.17, 15) is 14.4 Å². The summed E-state index contributed by atoms with van der Waals surface area (Å²) < 4.78 is 0. The van der Waals surface area contributed by atoms with E-state index >= 15 is 0 Å². The van der Waals surface area contributed by atoms with Crippen LogP contribution in [0, 0.1) is 0 Å². The second kappa shape index (κ2) is 7.57. The lowest BCUT2D eigenvalue weighted by molar-refractivity contribution is -0.122. The average molecular weight is 393 g/mol. The standard InChI is InChI=1S/C19H15N5O3S/c25-16(24-19-23-15(10-28-19)13-7-3-4-8-20-13)9-14-18(27)21-12-6-2-1-5-11(12)17(26)22-14/h1-8,10,14H,9H2,(H,21,27)(H,22,26)(H,23,24,25)/t14-/m0/s1. The van der Waals surface area contributed by atoms with Gasteiger partial charge in [-0.15, -0.1) is 11.3 Å². The highest BCUT2D eigenvalue weighted by molar-refractivity contribution is 7.14. The van der Waals surface area contributed by atoms with E-state index in [0.717, 1.165) is 0 Å². The molecule has 0 aliphatic carbocycles. The van der Waals surface area contributed by atoms with E-state index in [2.05, 4.69) is 25.9 Å². The fourth-order valence-electron chi connectivity index (χ4n) is 2.77. The summed E-state index contributed by atoms with van der Waals surface area (Å²) in [5.74, 6) is -1.27. The number of rotatable bonds is 4. The molecular weight excluding hydrogens is 378 g/mol. The van der Waals surface area contributed by atoms with Gasteiger partial charge in [0.25, 0.3) is 5.91 Å². The maximum atomic E-state index is 12.4. The van der Waals surface area contributed by atoms with Crippen LogP contribution in [0.1, 0.15) is 16.8 Å². The summed E-state index contributed by atoms with van der Waals surface area (Å²) >= 11 is 1.26. The molecular formula is C19H15N5O3S. The predicted molar refractivity (Wildman–Crippen MR) is 105 cm³/mol. The predicted octanol–water partition coefficient (Wildman–Crippen LogP) is 2.28. The number of aromatic nitrogens is 2. The minimum absolute atomic E-state index is 0.204. The van der Waals surface area contributed by atoms with Crippen LogP contribution in [-0.4, -0.2) is 33.7 Å². The summed E-state index contributed by atoms with van der Waals surface area (Å²) in [4.78, 5) is 45.6. The van der Waals surface area contributed by atoms with Crippen molar-refractivity contribution in [1.82, 2.24) is 15.3 Å². The summed E-state index contributed by atoms with van der Waals surface area (Å²) in [6, 6.07) is 11.2. The van der Waals surface area contributed by atoms with Crippen LogP contribution in [-0.2, 0) is 9.59 Å². The molecule has 0 unspecified atom stereocenters. The van der Waals surface area contributed by atoms with Crippen LogP contribution >= 0.6 is 11.3 Å². The van der Waals surface area contributed by atoms with Gasteiger partial charge in [0.15, 0.2) is 5.13 Å². The van der Waals surface area contributed by atoms with Crippen LogP contribution in [0.15, 0.2) is 54.0 Å². The highest BCUT2D eigenvalue weighted by Crippen LogP contribution is 2.23. The Labute approximate surface area is 164 Å². The highest BCUT2D eigenvalue weighted by atomic mass is 32.1. The fourth-order valence-corrected chi connectivity index (χ4v) is 3.49. The number of amides is 3. The zero-order valence-electron chi connectivity index (χ0n) is 14.5. The van der Waals surface area contributed by atoms with Crippen LogP contribution < -0.4 is 16.0 Å². The first-order valence-electron chi connectivity index (χ1n) is 8.48. The number of benzene rings is 1. The molecule has 1 aliphatic heterocycles. The Hall–Kier alpha value is -3.59. The third-order valence-corrected chi connectivity index (χ3v) is 4.88. The third-order valence-electron chi connectivity index (χ3n) is 4.12. The third kappa shape index (κ3) is 3.74. The van der Waals surface area contributed by atoms with Gasteiger partial charge in [-0.3, -0.25) is 19.4 Å². The molecule has 3 heterocycles. The van der Waals surface area contributed by atoms with Crippen LogP contribution in [0.3, 0.4) is 0 Å². The number of hydrogen-bond donors (Lipinski definition) is 3. The van der Waals surface area contributed by atoms with E-state index in [0.29, 0.717) is 27.8 Å². The summed E-state index contributed by atoms with van der Waals surface area (Å²) in [6.07, 6.45) is 1.46. The molecule has 140 valence electrons. The molecule has 1 atom stereocenters. The lowest BCUT2D eigenvalue weighted by Crippen LogP contribution is -2.43. The fraction of sp³-hybridized carbons (Fsp3) is 0.105. The Balaban J connectivity index is 1.42. The van der Waals surface area contributed by atoms with Gasteiger partial charge >= 0.3 is 0 Å². The van der Waals surface area contributed by atoms with Crippen molar-refractivity contribution in [2.24, 2.45) is 0 Å². The van der Waals surface area contributed by atoms with E-state index in [4.69, 9.17) is 0 Å². The van der Waals surface area contributed by atoms with Crippen molar-refractivity contribution in [2.75, 3.05) is 10.6 Å². The quantitative estimate of drug-likeness (QED) is 0.629. The molecule has 2 aromatic heterocycles. The van der Waals surface area contributed by atoms with Crippen LogP contribution in [0.5, 0.6) is 0 Å². The van der Waals surface area contributed by atoms with Crippen molar-refractivity contribution in [3.8, 4) is 11.4 Å². The van der Waals surface area contributed by atoms with Gasteiger partial charge < -0.3 is 16.0 Å². The van der Waals surface area contributed by atoms with Crippen molar-refractivity contribution < 1.29 is 14.4 Å². The molecule has 1 aromatic carbocycles. The molecule has 0 bridgehead atoms. The van der Waals surface area contributed by atoms with E-state index in [-0.39, 0.29) is 6.42 Å². The van der Waals surface area contributed by atoms with Gasteiger partial charge in [-0.2, -0.15) is 0 Å². The first kappa shape index (κ1) is 17.8. The lowest BCUT2D eigenvalue weighted by atomic mass is 10.1. The summed E-state index contributed by atoms with van der Waals surface area (Å²) in [5, 5.41) is 10.1. The number of hydrogen-bond acceptors (Lipinski definition) is 6. The molecule has 9 heteroatoms. The van der Waals surface area contributed by atoms with E-state index in [1.54, 1.807) is 35.8 Å². The minimum Gasteiger partial charge on any atom is -0.340 e. The number of para-hydroxylation sites is 1. The molecule has 3 N–H and O–H groups in total. The molecule has 0 saturated heterocycles. The Morgan fingerprint density at radius 2 is 1.93 bits per heavy atom.